The number of amides is 1. The van der Waals surface area contributed by atoms with Gasteiger partial charge in [-0.05, 0) is 20.8 Å². The molecule has 100 valence electrons. The van der Waals surface area contributed by atoms with Crippen molar-refractivity contribution in [1.82, 2.24) is 4.90 Å². The topological polar surface area (TPSA) is 55.6 Å². The molecule has 0 heterocycles. The number of hydrogen-bond acceptors (Lipinski definition) is 3. The molecule has 0 spiro atoms. The van der Waals surface area contributed by atoms with Crippen molar-refractivity contribution in [1.29, 1.82) is 0 Å². The monoisotopic (exact) mass is 242 g/mol. The van der Waals surface area contributed by atoms with Crippen molar-refractivity contribution in [3.63, 3.8) is 0 Å². The van der Waals surface area contributed by atoms with Crippen LogP contribution < -0.4 is 5.73 Å². The molecule has 0 radical (unpaired) electrons. The first-order valence-corrected chi connectivity index (χ1v) is 6.36. The predicted octanol–water partition coefficient (Wildman–Crippen LogP) is 1.39. The van der Waals surface area contributed by atoms with Crippen molar-refractivity contribution >= 4 is 5.91 Å². The summed E-state index contributed by atoms with van der Waals surface area (Å²) in [5, 5.41) is 0. The van der Waals surface area contributed by atoms with Crippen molar-refractivity contribution in [3.8, 4) is 0 Å². The lowest BCUT2D eigenvalue weighted by Crippen LogP contribution is -2.76. The number of ether oxygens (including phenoxy) is 1. The zero-order valence-corrected chi connectivity index (χ0v) is 11.9. The van der Waals surface area contributed by atoms with Crippen LogP contribution in [0.4, 0.5) is 0 Å². The summed E-state index contributed by atoms with van der Waals surface area (Å²) >= 11 is 0. The fraction of sp³-hybridized carbons (Fsp3) is 0.923. The molecule has 0 aromatic carbocycles. The predicted molar refractivity (Wildman–Crippen MR) is 68.6 cm³/mol. The zero-order chi connectivity index (χ0) is 13.4. The number of nitrogens with two attached hydrogens (primary N) is 1. The Morgan fingerprint density at radius 2 is 2.06 bits per heavy atom. The quantitative estimate of drug-likeness (QED) is 0.810. The number of carbonyl (C=O) groups excluding carboxylic acids is 1. The van der Waals surface area contributed by atoms with Gasteiger partial charge in [0.15, 0.2) is 0 Å². The Bertz CT molecular complexity index is 302. The van der Waals surface area contributed by atoms with Gasteiger partial charge in [-0.25, -0.2) is 0 Å². The highest BCUT2D eigenvalue weighted by Crippen LogP contribution is 2.50. The van der Waals surface area contributed by atoms with Gasteiger partial charge in [0.25, 0.3) is 0 Å². The van der Waals surface area contributed by atoms with Crippen LogP contribution in [0.25, 0.3) is 0 Å². The average molecular weight is 242 g/mol. The molecular weight excluding hydrogens is 216 g/mol. The summed E-state index contributed by atoms with van der Waals surface area (Å²) < 4.78 is 5.63. The minimum Gasteiger partial charge on any atom is -0.378 e. The van der Waals surface area contributed by atoms with E-state index in [1.54, 1.807) is 4.90 Å². The molecule has 2 unspecified atom stereocenters. The van der Waals surface area contributed by atoms with Crippen LogP contribution in [0.2, 0.25) is 0 Å². The van der Waals surface area contributed by atoms with E-state index in [2.05, 4.69) is 0 Å². The Kier molecular flexibility index (Phi) is 3.89. The number of rotatable bonds is 4. The van der Waals surface area contributed by atoms with Crippen molar-refractivity contribution < 1.29 is 9.53 Å². The number of hydrogen-bond donors (Lipinski definition) is 1. The molecular formula is C13H26N2O2. The van der Waals surface area contributed by atoms with Gasteiger partial charge in [-0.1, -0.05) is 13.8 Å². The van der Waals surface area contributed by atoms with Gasteiger partial charge in [-0.2, -0.15) is 0 Å². The molecule has 4 nitrogen and oxygen atoms in total. The van der Waals surface area contributed by atoms with Crippen LogP contribution in [0.3, 0.4) is 0 Å². The summed E-state index contributed by atoms with van der Waals surface area (Å²) in [6.07, 6.45) is 0.700. The van der Waals surface area contributed by atoms with Gasteiger partial charge >= 0.3 is 0 Å². The number of carbonyl (C=O) groups is 1. The van der Waals surface area contributed by atoms with Gasteiger partial charge in [0.2, 0.25) is 5.91 Å². The summed E-state index contributed by atoms with van der Waals surface area (Å²) in [6, 6.07) is 0.171. The smallest absolute Gasteiger partial charge is 0.243 e. The average Bonchev–Trinajstić information content (AvgIpc) is 2.26. The van der Waals surface area contributed by atoms with E-state index >= 15 is 0 Å². The maximum Gasteiger partial charge on any atom is 0.243 e. The van der Waals surface area contributed by atoms with Crippen LogP contribution in [0.1, 0.15) is 41.0 Å². The Hall–Kier alpha value is -0.610. The molecule has 1 aliphatic rings. The van der Waals surface area contributed by atoms with Crippen LogP contribution in [0.15, 0.2) is 0 Å². The molecule has 0 aliphatic heterocycles. The van der Waals surface area contributed by atoms with Gasteiger partial charge in [-0.3, -0.25) is 4.79 Å². The third-order valence-electron chi connectivity index (χ3n) is 4.31. The standard InChI is InChI=1S/C13H26N2O2/c1-7-17-10-8-13(14,12(10,4)5)11(16)15(6)9(2)3/h9-10H,7-8,14H2,1-6H3. The fourth-order valence-corrected chi connectivity index (χ4v) is 2.35. The Labute approximate surface area is 104 Å². The minimum atomic E-state index is -0.786. The first-order chi connectivity index (χ1) is 7.68. The van der Waals surface area contributed by atoms with Gasteiger partial charge in [0.05, 0.1) is 6.10 Å². The molecule has 1 fully saturated rings. The van der Waals surface area contributed by atoms with E-state index < -0.39 is 5.54 Å². The highest BCUT2D eigenvalue weighted by molar-refractivity contribution is 5.88. The highest BCUT2D eigenvalue weighted by Gasteiger charge is 2.63. The largest absolute Gasteiger partial charge is 0.378 e. The zero-order valence-electron chi connectivity index (χ0n) is 11.9. The molecule has 0 saturated heterocycles. The van der Waals surface area contributed by atoms with E-state index in [1.165, 1.54) is 0 Å². The van der Waals surface area contributed by atoms with Crippen LogP contribution in [-0.2, 0) is 9.53 Å². The van der Waals surface area contributed by atoms with E-state index in [0.717, 1.165) is 0 Å². The lowest BCUT2D eigenvalue weighted by atomic mass is 9.54. The van der Waals surface area contributed by atoms with E-state index in [0.29, 0.717) is 13.0 Å². The van der Waals surface area contributed by atoms with Crippen molar-refractivity contribution in [2.45, 2.75) is 58.7 Å². The molecule has 1 amide bonds. The molecule has 0 aromatic rings. The van der Waals surface area contributed by atoms with E-state index in [-0.39, 0.29) is 23.5 Å². The van der Waals surface area contributed by atoms with Crippen LogP contribution >= 0.6 is 0 Å². The lowest BCUT2D eigenvalue weighted by molar-refractivity contribution is -0.179. The van der Waals surface area contributed by atoms with Gasteiger partial charge in [0.1, 0.15) is 5.54 Å². The van der Waals surface area contributed by atoms with Crippen molar-refractivity contribution in [3.05, 3.63) is 0 Å². The third-order valence-corrected chi connectivity index (χ3v) is 4.31. The first-order valence-electron chi connectivity index (χ1n) is 6.36. The highest BCUT2D eigenvalue weighted by atomic mass is 16.5. The molecule has 0 aromatic heterocycles. The SMILES string of the molecule is CCOC1CC(N)(C(=O)N(C)C(C)C)C1(C)C. The van der Waals surface area contributed by atoms with Gasteiger partial charge in [0, 0.05) is 31.5 Å². The van der Waals surface area contributed by atoms with E-state index in [4.69, 9.17) is 10.5 Å². The molecule has 0 bridgehead atoms. The minimum absolute atomic E-state index is 0.0217. The van der Waals surface area contributed by atoms with Crippen molar-refractivity contribution in [2.75, 3.05) is 13.7 Å². The molecule has 4 heteroatoms. The molecule has 1 saturated carbocycles. The fourth-order valence-electron chi connectivity index (χ4n) is 2.35. The summed E-state index contributed by atoms with van der Waals surface area (Å²) in [5.74, 6) is 0.0217. The maximum atomic E-state index is 12.4. The van der Waals surface area contributed by atoms with E-state index in [1.807, 2.05) is 41.7 Å². The summed E-state index contributed by atoms with van der Waals surface area (Å²) in [5.41, 5.74) is 5.22. The molecule has 2 N–H and O–H groups in total. The number of nitrogens with zero attached hydrogens (tertiary/aromatic N) is 1. The lowest BCUT2D eigenvalue weighted by Gasteiger charge is -2.58. The Morgan fingerprint density at radius 3 is 2.41 bits per heavy atom. The second-order valence-corrected chi connectivity index (χ2v) is 5.85. The maximum absolute atomic E-state index is 12.4. The molecule has 2 atom stereocenters. The van der Waals surface area contributed by atoms with Gasteiger partial charge in [-0.15, -0.1) is 0 Å². The number of likely N-dealkylation sites (N-methyl/N-ethyl adjacent to an activating group) is 1. The van der Waals surface area contributed by atoms with Crippen LogP contribution in [0, 0.1) is 5.41 Å². The second kappa shape index (κ2) is 4.58. The normalized spacial score (nSPS) is 31.2. The van der Waals surface area contributed by atoms with Crippen molar-refractivity contribution in [2.24, 2.45) is 11.1 Å². The Balaban J connectivity index is 2.82. The first kappa shape index (κ1) is 14.5. The second-order valence-electron chi connectivity index (χ2n) is 5.85. The molecule has 17 heavy (non-hydrogen) atoms. The van der Waals surface area contributed by atoms with E-state index in [9.17, 15) is 4.79 Å². The van der Waals surface area contributed by atoms with Crippen LogP contribution in [-0.4, -0.2) is 42.1 Å². The van der Waals surface area contributed by atoms with Gasteiger partial charge < -0.3 is 15.4 Å². The third kappa shape index (κ3) is 2.08. The summed E-state index contributed by atoms with van der Waals surface area (Å²) in [6.45, 7) is 10.7. The summed E-state index contributed by atoms with van der Waals surface area (Å²) in [4.78, 5) is 14.1. The van der Waals surface area contributed by atoms with Crippen LogP contribution in [0.5, 0.6) is 0 Å². The Morgan fingerprint density at radius 1 is 1.53 bits per heavy atom. The molecule has 1 aliphatic carbocycles. The summed E-state index contributed by atoms with van der Waals surface area (Å²) in [7, 11) is 1.81. The molecule has 1 rings (SSSR count).